The summed E-state index contributed by atoms with van der Waals surface area (Å²) >= 11 is 0. The number of rotatable bonds is 5. The summed E-state index contributed by atoms with van der Waals surface area (Å²) in [6.45, 7) is 14.0. The molecule has 0 bridgehead atoms. The summed E-state index contributed by atoms with van der Waals surface area (Å²) < 4.78 is 0. The van der Waals surface area contributed by atoms with E-state index in [0.29, 0.717) is 6.04 Å². The Morgan fingerprint density at radius 2 is 1.78 bits per heavy atom. The molecule has 2 N–H and O–H groups in total. The van der Waals surface area contributed by atoms with Crippen LogP contribution in [-0.2, 0) is 0 Å². The summed E-state index contributed by atoms with van der Waals surface area (Å²) in [5.74, 6) is 1.84. The van der Waals surface area contributed by atoms with E-state index in [0.717, 1.165) is 31.5 Å². The standard InChI is InChI=1S/C14H30N4/c1-5-15-14(16-6-2)17-11-13(4)18-9-7-12(3)8-10-18/h12-13H,5-11H2,1-4H3,(H2,15,16,17). The van der Waals surface area contributed by atoms with E-state index in [-0.39, 0.29) is 0 Å². The van der Waals surface area contributed by atoms with Crippen molar-refractivity contribution in [2.45, 2.75) is 46.6 Å². The average Bonchev–Trinajstić information content (AvgIpc) is 2.37. The Hall–Kier alpha value is -0.770. The fourth-order valence-electron chi connectivity index (χ4n) is 2.32. The van der Waals surface area contributed by atoms with Crippen LogP contribution in [-0.4, -0.2) is 49.6 Å². The highest BCUT2D eigenvalue weighted by Gasteiger charge is 2.19. The molecule has 18 heavy (non-hydrogen) atoms. The van der Waals surface area contributed by atoms with Crippen LogP contribution in [0.1, 0.15) is 40.5 Å². The van der Waals surface area contributed by atoms with Gasteiger partial charge in [-0.1, -0.05) is 6.92 Å². The molecule has 0 aromatic carbocycles. The third kappa shape index (κ3) is 5.25. The van der Waals surface area contributed by atoms with Crippen molar-refractivity contribution in [3.63, 3.8) is 0 Å². The molecule has 1 rings (SSSR count). The van der Waals surface area contributed by atoms with Crippen molar-refractivity contribution < 1.29 is 0 Å². The van der Waals surface area contributed by atoms with Gasteiger partial charge in [0.1, 0.15) is 0 Å². The van der Waals surface area contributed by atoms with Gasteiger partial charge in [-0.2, -0.15) is 0 Å². The molecule has 0 aromatic rings. The van der Waals surface area contributed by atoms with Crippen molar-refractivity contribution in [2.24, 2.45) is 10.9 Å². The zero-order chi connectivity index (χ0) is 13.4. The first-order valence-electron chi connectivity index (χ1n) is 7.43. The maximum Gasteiger partial charge on any atom is 0.191 e. The molecule has 1 heterocycles. The molecule has 1 unspecified atom stereocenters. The van der Waals surface area contributed by atoms with Crippen molar-refractivity contribution in [1.82, 2.24) is 15.5 Å². The van der Waals surface area contributed by atoms with Crippen LogP contribution in [0.2, 0.25) is 0 Å². The summed E-state index contributed by atoms with van der Waals surface area (Å²) in [5, 5.41) is 6.54. The summed E-state index contributed by atoms with van der Waals surface area (Å²) in [7, 11) is 0. The van der Waals surface area contributed by atoms with Crippen molar-refractivity contribution in [3.8, 4) is 0 Å². The smallest absolute Gasteiger partial charge is 0.191 e. The van der Waals surface area contributed by atoms with Crippen LogP contribution in [0.25, 0.3) is 0 Å². The van der Waals surface area contributed by atoms with Crippen LogP contribution in [0, 0.1) is 5.92 Å². The molecule has 0 aromatic heterocycles. The Morgan fingerprint density at radius 1 is 1.22 bits per heavy atom. The number of piperidine rings is 1. The molecule has 1 aliphatic heterocycles. The first-order valence-corrected chi connectivity index (χ1v) is 7.43. The van der Waals surface area contributed by atoms with E-state index in [1.54, 1.807) is 0 Å². The van der Waals surface area contributed by atoms with Crippen LogP contribution >= 0.6 is 0 Å². The molecular formula is C14H30N4. The molecule has 0 aliphatic carbocycles. The van der Waals surface area contributed by atoms with Crippen molar-refractivity contribution in [3.05, 3.63) is 0 Å². The first kappa shape index (κ1) is 15.3. The summed E-state index contributed by atoms with van der Waals surface area (Å²) in [4.78, 5) is 7.22. The van der Waals surface area contributed by atoms with Gasteiger partial charge >= 0.3 is 0 Å². The van der Waals surface area contributed by atoms with Crippen LogP contribution < -0.4 is 10.6 Å². The number of nitrogens with zero attached hydrogens (tertiary/aromatic N) is 2. The lowest BCUT2D eigenvalue weighted by atomic mass is 9.98. The molecule has 1 fully saturated rings. The zero-order valence-corrected chi connectivity index (χ0v) is 12.5. The molecule has 1 aliphatic rings. The third-order valence-corrected chi connectivity index (χ3v) is 3.64. The maximum absolute atomic E-state index is 4.65. The Labute approximate surface area is 112 Å². The van der Waals surface area contributed by atoms with Crippen LogP contribution in [0.5, 0.6) is 0 Å². The van der Waals surface area contributed by atoms with Gasteiger partial charge in [0.15, 0.2) is 5.96 Å². The first-order chi connectivity index (χ1) is 8.67. The molecule has 1 saturated heterocycles. The van der Waals surface area contributed by atoms with Gasteiger partial charge in [0.25, 0.3) is 0 Å². The zero-order valence-electron chi connectivity index (χ0n) is 12.5. The minimum Gasteiger partial charge on any atom is -0.357 e. The minimum atomic E-state index is 0.546. The molecule has 0 spiro atoms. The van der Waals surface area contributed by atoms with E-state index in [2.05, 4.69) is 48.2 Å². The second-order valence-electron chi connectivity index (χ2n) is 5.32. The van der Waals surface area contributed by atoms with Crippen LogP contribution in [0.3, 0.4) is 0 Å². The van der Waals surface area contributed by atoms with Crippen molar-refractivity contribution >= 4 is 5.96 Å². The fourth-order valence-corrected chi connectivity index (χ4v) is 2.32. The van der Waals surface area contributed by atoms with E-state index in [1.807, 2.05) is 0 Å². The molecular weight excluding hydrogens is 224 g/mol. The Kier molecular flexibility index (Phi) is 7.09. The fraction of sp³-hybridized carbons (Fsp3) is 0.929. The monoisotopic (exact) mass is 254 g/mol. The second-order valence-corrected chi connectivity index (χ2v) is 5.32. The molecule has 0 saturated carbocycles. The summed E-state index contributed by atoms with van der Waals surface area (Å²) in [5.41, 5.74) is 0. The lowest BCUT2D eigenvalue weighted by molar-refractivity contribution is 0.150. The molecule has 4 nitrogen and oxygen atoms in total. The van der Waals surface area contributed by atoms with E-state index in [1.165, 1.54) is 25.9 Å². The topological polar surface area (TPSA) is 39.7 Å². The van der Waals surface area contributed by atoms with Gasteiger partial charge < -0.3 is 10.6 Å². The normalized spacial score (nSPS) is 19.3. The number of hydrogen-bond acceptors (Lipinski definition) is 2. The summed E-state index contributed by atoms with van der Waals surface area (Å²) in [6.07, 6.45) is 2.67. The van der Waals surface area contributed by atoms with Crippen molar-refractivity contribution in [1.29, 1.82) is 0 Å². The van der Waals surface area contributed by atoms with Gasteiger partial charge in [0.05, 0.1) is 6.54 Å². The lowest BCUT2D eigenvalue weighted by Gasteiger charge is -2.34. The van der Waals surface area contributed by atoms with E-state index in [9.17, 15) is 0 Å². The number of nitrogens with one attached hydrogen (secondary N) is 2. The molecule has 4 heteroatoms. The predicted molar refractivity (Wildman–Crippen MR) is 79.1 cm³/mol. The molecule has 0 radical (unpaired) electrons. The molecule has 0 amide bonds. The highest BCUT2D eigenvalue weighted by atomic mass is 15.2. The van der Waals surface area contributed by atoms with E-state index < -0.39 is 0 Å². The van der Waals surface area contributed by atoms with E-state index in [4.69, 9.17) is 0 Å². The number of likely N-dealkylation sites (tertiary alicyclic amines) is 1. The number of hydrogen-bond donors (Lipinski definition) is 2. The van der Waals surface area contributed by atoms with Gasteiger partial charge in [-0.3, -0.25) is 9.89 Å². The Balaban J connectivity index is 2.37. The van der Waals surface area contributed by atoms with Gasteiger partial charge in [-0.15, -0.1) is 0 Å². The summed E-state index contributed by atoms with van der Waals surface area (Å²) in [6, 6.07) is 0.546. The van der Waals surface area contributed by atoms with Crippen molar-refractivity contribution in [2.75, 3.05) is 32.7 Å². The number of guanidine groups is 1. The minimum absolute atomic E-state index is 0.546. The SMILES string of the molecule is CCNC(=NCC(C)N1CCC(C)CC1)NCC. The van der Waals surface area contributed by atoms with Crippen LogP contribution in [0.4, 0.5) is 0 Å². The highest BCUT2D eigenvalue weighted by molar-refractivity contribution is 5.79. The highest BCUT2D eigenvalue weighted by Crippen LogP contribution is 2.17. The lowest BCUT2D eigenvalue weighted by Crippen LogP contribution is -2.42. The van der Waals surface area contributed by atoms with Gasteiger partial charge in [-0.05, 0) is 52.6 Å². The third-order valence-electron chi connectivity index (χ3n) is 3.64. The van der Waals surface area contributed by atoms with E-state index >= 15 is 0 Å². The Bertz CT molecular complexity index is 236. The van der Waals surface area contributed by atoms with Gasteiger partial charge in [0, 0.05) is 19.1 Å². The van der Waals surface area contributed by atoms with Gasteiger partial charge in [0.2, 0.25) is 0 Å². The molecule has 1 atom stereocenters. The average molecular weight is 254 g/mol. The Morgan fingerprint density at radius 3 is 2.28 bits per heavy atom. The second kappa shape index (κ2) is 8.35. The number of aliphatic imine (C=N–C) groups is 1. The molecule has 106 valence electrons. The predicted octanol–water partition coefficient (Wildman–Crippen LogP) is 1.68. The van der Waals surface area contributed by atoms with Gasteiger partial charge in [-0.25, -0.2) is 0 Å². The maximum atomic E-state index is 4.65. The quantitative estimate of drug-likeness (QED) is 0.579. The largest absolute Gasteiger partial charge is 0.357 e. The van der Waals surface area contributed by atoms with Crippen LogP contribution in [0.15, 0.2) is 4.99 Å².